The van der Waals surface area contributed by atoms with E-state index < -0.39 is 12.3 Å². The molecule has 0 aliphatic heterocycles. The zero-order valence-corrected chi connectivity index (χ0v) is 17.3. The second kappa shape index (κ2) is 11.1. The van der Waals surface area contributed by atoms with Gasteiger partial charge in [0, 0.05) is 12.6 Å². The second-order valence-corrected chi connectivity index (χ2v) is 6.65. The van der Waals surface area contributed by atoms with E-state index in [9.17, 15) is 5.11 Å². The monoisotopic (exact) mass is 396 g/mol. The average molecular weight is 396 g/mol. The molecule has 2 aromatic carbocycles. The molecule has 0 spiro atoms. The summed E-state index contributed by atoms with van der Waals surface area (Å²) >= 11 is 0. The van der Waals surface area contributed by atoms with Crippen LogP contribution in [0.2, 0.25) is 0 Å². The number of hydrogen-bond acceptors (Lipinski definition) is 6. The topological polar surface area (TPSA) is 83.7 Å². The molecule has 2 rings (SSSR count). The first-order valence-corrected chi connectivity index (χ1v) is 9.44. The zero-order chi connectivity index (χ0) is 21.2. The summed E-state index contributed by atoms with van der Waals surface area (Å²) < 4.78 is 16.5. The Kier molecular flexibility index (Phi) is 8.53. The first-order chi connectivity index (χ1) is 14.0. The van der Waals surface area contributed by atoms with Gasteiger partial charge in [-0.3, -0.25) is 5.32 Å². The molecule has 0 bridgehead atoms. The fraction of sp³-hybridized carbons (Fsp3) is 0.348. The van der Waals surface area contributed by atoms with Crippen LogP contribution < -0.4 is 19.5 Å². The van der Waals surface area contributed by atoms with Crippen molar-refractivity contribution in [1.82, 2.24) is 5.32 Å². The SMILES string of the molecule is COc1ccc(CCNC(Oc2ccc(/C(C)=C\C#N)cc2)C(C)O)cc1OC. The molecule has 6 heteroatoms. The van der Waals surface area contributed by atoms with Crippen LogP contribution in [0.1, 0.15) is 25.0 Å². The molecule has 0 saturated carbocycles. The molecule has 2 N–H and O–H groups in total. The van der Waals surface area contributed by atoms with Gasteiger partial charge >= 0.3 is 0 Å². The molecule has 0 aliphatic carbocycles. The first-order valence-electron chi connectivity index (χ1n) is 9.44. The van der Waals surface area contributed by atoms with Crippen LogP contribution in [0, 0.1) is 11.3 Å². The number of aliphatic hydroxyl groups excluding tert-OH is 1. The predicted molar refractivity (Wildman–Crippen MR) is 113 cm³/mol. The minimum absolute atomic E-state index is 0.545. The summed E-state index contributed by atoms with van der Waals surface area (Å²) in [5, 5.41) is 22.1. The van der Waals surface area contributed by atoms with Crippen molar-refractivity contribution < 1.29 is 19.3 Å². The molecule has 0 aliphatic rings. The van der Waals surface area contributed by atoms with Gasteiger partial charge in [0.2, 0.25) is 0 Å². The summed E-state index contributed by atoms with van der Waals surface area (Å²) in [7, 11) is 3.22. The molecule has 0 radical (unpaired) electrons. The quantitative estimate of drug-likeness (QED) is 0.472. The van der Waals surface area contributed by atoms with Crippen LogP contribution >= 0.6 is 0 Å². The van der Waals surface area contributed by atoms with E-state index >= 15 is 0 Å². The van der Waals surface area contributed by atoms with Crippen LogP contribution in [0.3, 0.4) is 0 Å². The molecule has 0 aromatic heterocycles. The van der Waals surface area contributed by atoms with E-state index in [1.807, 2.05) is 55.5 Å². The lowest BCUT2D eigenvalue weighted by atomic mass is 10.1. The molecule has 2 unspecified atom stereocenters. The van der Waals surface area contributed by atoms with Gasteiger partial charge in [0.1, 0.15) is 11.9 Å². The van der Waals surface area contributed by atoms with E-state index in [4.69, 9.17) is 19.5 Å². The van der Waals surface area contributed by atoms with E-state index in [-0.39, 0.29) is 0 Å². The Morgan fingerprint density at radius 1 is 1.14 bits per heavy atom. The van der Waals surface area contributed by atoms with Crippen molar-refractivity contribution in [3.05, 3.63) is 59.7 Å². The summed E-state index contributed by atoms with van der Waals surface area (Å²) in [6.45, 7) is 4.18. The first kappa shape index (κ1) is 22.3. The largest absolute Gasteiger partial charge is 0.493 e. The van der Waals surface area contributed by atoms with Gasteiger partial charge < -0.3 is 19.3 Å². The highest BCUT2D eigenvalue weighted by Crippen LogP contribution is 2.27. The molecule has 0 amide bonds. The molecular weight excluding hydrogens is 368 g/mol. The lowest BCUT2D eigenvalue weighted by molar-refractivity contribution is 0.0274. The number of nitriles is 1. The van der Waals surface area contributed by atoms with Gasteiger partial charge in [-0.15, -0.1) is 0 Å². The highest BCUT2D eigenvalue weighted by atomic mass is 16.5. The van der Waals surface area contributed by atoms with Crippen molar-refractivity contribution in [2.75, 3.05) is 20.8 Å². The number of rotatable bonds is 10. The van der Waals surface area contributed by atoms with Gasteiger partial charge in [-0.1, -0.05) is 18.2 Å². The van der Waals surface area contributed by atoms with Crippen LogP contribution in [0.25, 0.3) is 5.57 Å². The summed E-state index contributed by atoms with van der Waals surface area (Å²) in [6.07, 6.45) is 1.01. The predicted octanol–water partition coefficient (Wildman–Crippen LogP) is 3.55. The molecule has 0 fully saturated rings. The number of nitrogens with zero attached hydrogens (tertiary/aromatic N) is 1. The van der Waals surface area contributed by atoms with E-state index in [2.05, 4.69) is 5.32 Å². The maximum atomic E-state index is 10.1. The number of benzene rings is 2. The maximum absolute atomic E-state index is 10.1. The lowest BCUT2D eigenvalue weighted by Gasteiger charge is -2.23. The highest BCUT2D eigenvalue weighted by molar-refractivity contribution is 5.66. The normalized spacial score (nSPS) is 13.3. The number of allylic oxidation sites excluding steroid dienone is 2. The number of aliphatic hydroxyl groups is 1. The van der Waals surface area contributed by atoms with E-state index in [0.29, 0.717) is 23.8 Å². The third-order valence-corrected chi connectivity index (χ3v) is 4.50. The second-order valence-electron chi connectivity index (χ2n) is 6.65. The number of nitrogens with one attached hydrogen (secondary N) is 1. The molecule has 2 atom stereocenters. The van der Waals surface area contributed by atoms with Crippen molar-refractivity contribution in [2.24, 2.45) is 0 Å². The van der Waals surface area contributed by atoms with Crippen LogP contribution in [-0.2, 0) is 6.42 Å². The average Bonchev–Trinajstić information content (AvgIpc) is 2.73. The van der Waals surface area contributed by atoms with E-state index in [1.165, 1.54) is 6.08 Å². The molecular formula is C23H28N2O4. The highest BCUT2D eigenvalue weighted by Gasteiger charge is 2.16. The Morgan fingerprint density at radius 3 is 2.41 bits per heavy atom. The summed E-state index contributed by atoms with van der Waals surface area (Å²) in [6, 6.07) is 15.3. The number of methoxy groups -OCH3 is 2. The van der Waals surface area contributed by atoms with Crippen LogP contribution in [-0.4, -0.2) is 38.2 Å². The Balaban J connectivity index is 1.95. The van der Waals surface area contributed by atoms with Crippen molar-refractivity contribution in [1.29, 1.82) is 5.26 Å². The fourth-order valence-corrected chi connectivity index (χ4v) is 2.83. The van der Waals surface area contributed by atoms with E-state index in [0.717, 1.165) is 23.1 Å². The van der Waals surface area contributed by atoms with E-state index in [1.54, 1.807) is 21.1 Å². The van der Waals surface area contributed by atoms with Gasteiger partial charge in [0.15, 0.2) is 17.7 Å². The molecule has 6 nitrogen and oxygen atoms in total. The minimum atomic E-state index is -0.694. The fourth-order valence-electron chi connectivity index (χ4n) is 2.83. The lowest BCUT2D eigenvalue weighted by Crippen LogP contribution is -2.43. The number of ether oxygens (including phenoxy) is 3. The van der Waals surface area contributed by atoms with Gasteiger partial charge in [-0.2, -0.15) is 5.26 Å². The molecule has 2 aromatic rings. The third kappa shape index (κ3) is 6.53. The Labute approximate surface area is 172 Å². The van der Waals surface area contributed by atoms with Crippen LogP contribution in [0.4, 0.5) is 0 Å². The Bertz CT molecular complexity index is 854. The minimum Gasteiger partial charge on any atom is -0.493 e. The third-order valence-electron chi connectivity index (χ3n) is 4.50. The van der Waals surface area contributed by atoms with Crippen molar-refractivity contribution in [3.63, 3.8) is 0 Å². The maximum Gasteiger partial charge on any atom is 0.176 e. The summed E-state index contributed by atoms with van der Waals surface area (Å²) in [5.41, 5.74) is 2.93. The van der Waals surface area contributed by atoms with Crippen molar-refractivity contribution in [3.8, 4) is 23.3 Å². The Hall–Kier alpha value is -3.01. The zero-order valence-electron chi connectivity index (χ0n) is 17.3. The molecule has 0 heterocycles. The van der Waals surface area contributed by atoms with Gasteiger partial charge in [-0.05, 0) is 61.2 Å². The molecule has 0 saturated heterocycles. The molecule has 154 valence electrons. The van der Waals surface area contributed by atoms with Gasteiger partial charge in [-0.25, -0.2) is 0 Å². The van der Waals surface area contributed by atoms with Crippen LogP contribution in [0.15, 0.2) is 48.5 Å². The number of hydrogen-bond donors (Lipinski definition) is 2. The van der Waals surface area contributed by atoms with Gasteiger partial charge in [0.05, 0.1) is 20.3 Å². The molecule has 29 heavy (non-hydrogen) atoms. The van der Waals surface area contributed by atoms with Gasteiger partial charge in [0.25, 0.3) is 0 Å². The van der Waals surface area contributed by atoms with Crippen LogP contribution in [0.5, 0.6) is 17.2 Å². The van der Waals surface area contributed by atoms with Crippen molar-refractivity contribution >= 4 is 5.57 Å². The Morgan fingerprint density at radius 2 is 1.83 bits per heavy atom. The smallest absolute Gasteiger partial charge is 0.176 e. The summed E-state index contributed by atoms with van der Waals surface area (Å²) in [4.78, 5) is 0. The summed E-state index contributed by atoms with van der Waals surface area (Å²) in [5.74, 6) is 2.02. The standard InChI is InChI=1S/C23H28N2O4/c1-16(11-13-24)19-6-8-20(9-7-19)29-23(17(2)26)25-14-12-18-5-10-21(27-3)22(15-18)28-4/h5-11,15,17,23,25-26H,12,14H2,1-4H3/b16-11-. The van der Waals surface area contributed by atoms with Crippen molar-refractivity contribution in [2.45, 2.75) is 32.6 Å².